The molecule has 1 fully saturated rings. The summed E-state index contributed by atoms with van der Waals surface area (Å²) in [5.41, 5.74) is 1.79. The molecule has 8 nitrogen and oxygen atoms in total. The Morgan fingerprint density at radius 1 is 1.19 bits per heavy atom. The summed E-state index contributed by atoms with van der Waals surface area (Å²) in [7, 11) is 3.39. The first-order chi connectivity index (χ1) is 15.0. The normalized spacial score (nSPS) is 16.7. The standard InChI is InChI=1S/C22H20FN5O3/c1-28(2)20(29)14-5-4-8-17(12-14)25-22-24-10-9-18(27-22)26-19-13-30-21(31-19)15-6-3-7-16(23)11-15/h3-12,21H,13H2,1-2H3,(H,24,25,27). The third-order valence-electron chi connectivity index (χ3n) is 4.37. The summed E-state index contributed by atoms with van der Waals surface area (Å²) in [4.78, 5) is 26.5. The molecule has 1 N–H and O–H groups in total. The van der Waals surface area contributed by atoms with Gasteiger partial charge < -0.3 is 19.7 Å². The minimum Gasteiger partial charge on any atom is -0.445 e. The second-order valence-corrected chi connectivity index (χ2v) is 6.97. The fourth-order valence-corrected chi connectivity index (χ4v) is 2.93. The maximum Gasteiger partial charge on any atom is 0.253 e. The predicted octanol–water partition coefficient (Wildman–Crippen LogP) is 3.84. The Kier molecular flexibility index (Phi) is 5.85. The highest BCUT2D eigenvalue weighted by molar-refractivity contribution is 5.94. The van der Waals surface area contributed by atoms with Crippen LogP contribution in [0.15, 0.2) is 65.8 Å². The lowest BCUT2D eigenvalue weighted by atomic mass is 10.2. The molecule has 0 radical (unpaired) electrons. The number of anilines is 2. The minimum atomic E-state index is -0.717. The second-order valence-electron chi connectivity index (χ2n) is 6.97. The molecule has 2 heterocycles. The van der Waals surface area contributed by atoms with Crippen molar-refractivity contribution < 1.29 is 18.7 Å². The zero-order valence-corrected chi connectivity index (χ0v) is 16.9. The van der Waals surface area contributed by atoms with Crippen LogP contribution in [0, 0.1) is 5.82 Å². The number of aromatic nitrogens is 2. The van der Waals surface area contributed by atoms with E-state index in [1.807, 2.05) is 6.07 Å². The lowest BCUT2D eigenvalue weighted by Crippen LogP contribution is -2.21. The van der Waals surface area contributed by atoms with Crippen molar-refractivity contribution in [2.24, 2.45) is 4.99 Å². The van der Waals surface area contributed by atoms with E-state index in [9.17, 15) is 9.18 Å². The van der Waals surface area contributed by atoms with Crippen LogP contribution < -0.4 is 5.32 Å². The SMILES string of the molecule is CN(C)C(=O)c1cccc(Nc2nccc(N=C3COC(c4cccc(F)c4)O3)n2)c1. The van der Waals surface area contributed by atoms with Gasteiger partial charge in [-0.15, -0.1) is 0 Å². The molecule has 0 spiro atoms. The smallest absolute Gasteiger partial charge is 0.253 e. The second kappa shape index (κ2) is 8.88. The summed E-state index contributed by atoms with van der Waals surface area (Å²) in [5.74, 6) is 0.555. The Labute approximate surface area is 178 Å². The number of ether oxygens (including phenoxy) is 2. The number of hydrogen-bond acceptors (Lipinski definition) is 7. The number of nitrogens with zero attached hydrogens (tertiary/aromatic N) is 4. The Morgan fingerprint density at radius 3 is 2.84 bits per heavy atom. The van der Waals surface area contributed by atoms with E-state index in [0.717, 1.165) is 0 Å². The largest absolute Gasteiger partial charge is 0.445 e. The van der Waals surface area contributed by atoms with Crippen LogP contribution in [0.5, 0.6) is 0 Å². The summed E-state index contributed by atoms with van der Waals surface area (Å²) in [6.45, 7) is 0.142. The quantitative estimate of drug-likeness (QED) is 0.673. The Morgan fingerprint density at radius 2 is 2.03 bits per heavy atom. The zero-order chi connectivity index (χ0) is 21.8. The molecule has 1 amide bonds. The van der Waals surface area contributed by atoms with Gasteiger partial charge in [-0.05, 0) is 30.3 Å². The van der Waals surface area contributed by atoms with Gasteiger partial charge in [0.05, 0.1) is 0 Å². The van der Waals surface area contributed by atoms with E-state index in [4.69, 9.17) is 9.47 Å². The van der Waals surface area contributed by atoms with Crippen molar-refractivity contribution in [3.63, 3.8) is 0 Å². The van der Waals surface area contributed by atoms with Gasteiger partial charge in [-0.1, -0.05) is 18.2 Å². The molecule has 3 aromatic rings. The average Bonchev–Trinajstić information content (AvgIpc) is 3.22. The molecular formula is C22H20FN5O3. The summed E-state index contributed by atoms with van der Waals surface area (Å²) >= 11 is 0. The first kappa shape index (κ1) is 20.4. The third kappa shape index (κ3) is 5.01. The fraction of sp³-hybridized carbons (Fsp3) is 0.182. The molecular weight excluding hydrogens is 401 g/mol. The van der Waals surface area contributed by atoms with Crippen LogP contribution in [0.25, 0.3) is 0 Å². The fourth-order valence-electron chi connectivity index (χ4n) is 2.93. The number of amides is 1. The molecule has 0 saturated carbocycles. The zero-order valence-electron chi connectivity index (χ0n) is 16.9. The summed E-state index contributed by atoms with van der Waals surface area (Å²) < 4.78 is 24.6. The molecule has 1 aromatic heterocycles. The van der Waals surface area contributed by atoms with Crippen molar-refractivity contribution in [3.8, 4) is 0 Å². The number of nitrogens with one attached hydrogen (secondary N) is 1. The first-order valence-corrected chi connectivity index (χ1v) is 9.51. The van der Waals surface area contributed by atoms with Crippen molar-refractivity contribution in [1.82, 2.24) is 14.9 Å². The highest BCUT2D eigenvalue weighted by Gasteiger charge is 2.25. The van der Waals surface area contributed by atoms with Crippen molar-refractivity contribution in [3.05, 3.63) is 77.7 Å². The maximum absolute atomic E-state index is 13.4. The third-order valence-corrected chi connectivity index (χ3v) is 4.37. The first-order valence-electron chi connectivity index (χ1n) is 9.51. The van der Waals surface area contributed by atoms with Crippen LogP contribution >= 0.6 is 0 Å². The topological polar surface area (TPSA) is 88.9 Å². The molecule has 9 heteroatoms. The molecule has 4 rings (SSSR count). The lowest BCUT2D eigenvalue weighted by Gasteiger charge is -2.11. The van der Waals surface area contributed by atoms with Crippen LogP contribution in [0.3, 0.4) is 0 Å². The van der Waals surface area contributed by atoms with Crippen LogP contribution in [-0.2, 0) is 9.47 Å². The van der Waals surface area contributed by atoms with Crippen LogP contribution in [-0.4, -0.2) is 47.4 Å². The molecule has 2 aromatic carbocycles. The number of hydrogen-bond donors (Lipinski definition) is 1. The van der Waals surface area contributed by atoms with Crippen LogP contribution in [0.1, 0.15) is 22.2 Å². The van der Waals surface area contributed by atoms with Gasteiger partial charge in [0, 0.05) is 43.2 Å². The summed E-state index contributed by atoms with van der Waals surface area (Å²) in [6, 6.07) is 14.7. The van der Waals surface area contributed by atoms with Crippen molar-refractivity contribution in [1.29, 1.82) is 0 Å². The van der Waals surface area contributed by atoms with Crippen molar-refractivity contribution in [2.45, 2.75) is 6.29 Å². The van der Waals surface area contributed by atoms with Crippen LogP contribution in [0.2, 0.25) is 0 Å². The van der Waals surface area contributed by atoms with E-state index in [2.05, 4.69) is 20.3 Å². The predicted molar refractivity (Wildman–Crippen MR) is 113 cm³/mol. The highest BCUT2D eigenvalue weighted by atomic mass is 19.1. The van der Waals surface area contributed by atoms with Crippen LogP contribution in [0.4, 0.5) is 21.8 Å². The van der Waals surface area contributed by atoms with E-state index in [-0.39, 0.29) is 18.3 Å². The average molecular weight is 421 g/mol. The van der Waals surface area contributed by atoms with Gasteiger partial charge in [0.2, 0.25) is 18.1 Å². The number of benzene rings is 2. The highest BCUT2D eigenvalue weighted by Crippen LogP contribution is 2.26. The van der Waals surface area contributed by atoms with E-state index in [1.165, 1.54) is 17.0 Å². The number of carbonyl (C=O) groups is 1. The van der Waals surface area contributed by atoms with Gasteiger partial charge in [-0.3, -0.25) is 4.79 Å². The molecule has 0 bridgehead atoms. The molecule has 1 unspecified atom stereocenters. The van der Waals surface area contributed by atoms with E-state index >= 15 is 0 Å². The van der Waals surface area contributed by atoms with Gasteiger partial charge in [-0.2, -0.15) is 9.98 Å². The molecule has 1 atom stereocenters. The van der Waals surface area contributed by atoms with Gasteiger partial charge in [0.1, 0.15) is 12.4 Å². The number of aliphatic imine (C=N–C) groups is 1. The number of halogens is 1. The lowest BCUT2D eigenvalue weighted by molar-refractivity contribution is -0.0246. The van der Waals surface area contributed by atoms with Crippen molar-refractivity contribution >= 4 is 29.3 Å². The number of rotatable bonds is 5. The number of carbonyl (C=O) groups excluding carboxylic acids is 1. The van der Waals surface area contributed by atoms with Crippen molar-refractivity contribution in [2.75, 3.05) is 26.0 Å². The Bertz CT molecular complexity index is 1140. The Hall–Kier alpha value is -3.85. The minimum absolute atomic E-state index is 0.101. The monoisotopic (exact) mass is 421 g/mol. The molecule has 1 saturated heterocycles. The Balaban J connectivity index is 1.47. The van der Waals surface area contributed by atoms with Gasteiger partial charge >= 0.3 is 0 Å². The van der Waals surface area contributed by atoms with Gasteiger partial charge in [-0.25, -0.2) is 9.37 Å². The molecule has 158 valence electrons. The van der Waals surface area contributed by atoms with Gasteiger partial charge in [0.25, 0.3) is 5.91 Å². The maximum atomic E-state index is 13.4. The summed E-state index contributed by atoms with van der Waals surface area (Å²) in [6.07, 6.45) is 0.842. The van der Waals surface area contributed by atoms with Gasteiger partial charge in [0.15, 0.2) is 5.82 Å². The molecule has 31 heavy (non-hydrogen) atoms. The molecule has 1 aliphatic rings. The van der Waals surface area contributed by atoms with E-state index < -0.39 is 6.29 Å². The van der Waals surface area contributed by atoms with E-state index in [0.29, 0.717) is 34.5 Å². The molecule has 1 aliphatic heterocycles. The van der Waals surface area contributed by atoms with E-state index in [1.54, 1.807) is 56.7 Å². The molecule has 0 aliphatic carbocycles. The summed E-state index contributed by atoms with van der Waals surface area (Å²) in [5, 5.41) is 3.07.